The minimum Gasteiger partial charge on any atom is -0.492 e. The zero-order valence-electron chi connectivity index (χ0n) is 12.4. The van der Waals surface area contributed by atoms with Crippen LogP contribution in [0, 0.1) is 11.6 Å². The molecule has 24 heavy (non-hydrogen) atoms. The normalized spacial score (nSPS) is 10.6. The van der Waals surface area contributed by atoms with Crippen LogP contribution in [-0.4, -0.2) is 25.3 Å². The van der Waals surface area contributed by atoms with Crippen LogP contribution in [0.2, 0.25) is 10.0 Å². The van der Waals surface area contributed by atoms with E-state index in [9.17, 15) is 18.7 Å². The Morgan fingerprint density at radius 1 is 1.04 bits per heavy atom. The van der Waals surface area contributed by atoms with Crippen LogP contribution in [0.15, 0.2) is 12.1 Å². The predicted molar refractivity (Wildman–Crippen MR) is 86.3 cm³/mol. The quantitative estimate of drug-likeness (QED) is 0.778. The molecule has 3 N–H and O–H groups in total. The Kier molecular flexibility index (Phi) is 5.05. The summed E-state index contributed by atoms with van der Waals surface area (Å²) >= 11 is 11.7. The second kappa shape index (κ2) is 6.70. The van der Waals surface area contributed by atoms with E-state index in [2.05, 4.69) is 0 Å². The largest absolute Gasteiger partial charge is 0.492 e. The number of methoxy groups -OCH3 is 2. The molecule has 0 radical (unpaired) electrons. The fourth-order valence-electron chi connectivity index (χ4n) is 2.15. The summed E-state index contributed by atoms with van der Waals surface area (Å²) in [5, 5.41) is 8.56. The van der Waals surface area contributed by atoms with Crippen LogP contribution in [0.1, 0.15) is 10.4 Å². The number of anilines is 1. The number of carboxylic acids is 1. The summed E-state index contributed by atoms with van der Waals surface area (Å²) in [4.78, 5) is 11.3. The van der Waals surface area contributed by atoms with Gasteiger partial charge >= 0.3 is 5.97 Å². The number of carboxylic acid groups (broad SMARTS) is 1. The number of nitrogen functional groups attached to an aromatic ring is 1. The third-order valence-corrected chi connectivity index (χ3v) is 4.04. The Morgan fingerprint density at radius 3 is 1.96 bits per heavy atom. The van der Waals surface area contributed by atoms with Gasteiger partial charge in [0.15, 0.2) is 23.1 Å². The number of aromatic carboxylic acids is 1. The average Bonchev–Trinajstić information content (AvgIpc) is 2.52. The van der Waals surface area contributed by atoms with Crippen molar-refractivity contribution in [1.29, 1.82) is 0 Å². The topological polar surface area (TPSA) is 81.8 Å². The van der Waals surface area contributed by atoms with Gasteiger partial charge in [0.1, 0.15) is 10.0 Å². The smallest absolute Gasteiger partial charge is 0.337 e. The minimum atomic E-state index is -1.44. The highest BCUT2D eigenvalue weighted by molar-refractivity contribution is 6.35. The molecule has 0 amide bonds. The number of benzene rings is 2. The highest BCUT2D eigenvalue weighted by Gasteiger charge is 2.26. The van der Waals surface area contributed by atoms with Gasteiger partial charge in [-0.3, -0.25) is 0 Å². The first-order valence-corrected chi connectivity index (χ1v) is 7.11. The van der Waals surface area contributed by atoms with Crippen molar-refractivity contribution in [3.63, 3.8) is 0 Å². The maximum Gasteiger partial charge on any atom is 0.337 e. The fourth-order valence-corrected chi connectivity index (χ4v) is 2.66. The highest BCUT2D eigenvalue weighted by Crippen LogP contribution is 2.43. The summed E-state index contributed by atoms with van der Waals surface area (Å²) in [5.41, 5.74) is 4.39. The zero-order valence-corrected chi connectivity index (χ0v) is 13.9. The van der Waals surface area contributed by atoms with Gasteiger partial charge in [0.25, 0.3) is 0 Å². The van der Waals surface area contributed by atoms with E-state index in [-0.39, 0.29) is 16.3 Å². The van der Waals surface area contributed by atoms with E-state index in [1.54, 1.807) is 0 Å². The molecule has 0 aromatic heterocycles. The first-order chi connectivity index (χ1) is 11.2. The standard InChI is InChI=1S/C15H11Cl2F2NO4/c1-23-13-9(16)7(15(21)22)3-5(11(13)18)6-4-8(20)10(17)14(24-2)12(6)19/h3-4H,20H2,1-2H3,(H,21,22). The van der Waals surface area contributed by atoms with Gasteiger partial charge in [0, 0.05) is 11.1 Å². The molecule has 0 bridgehead atoms. The van der Waals surface area contributed by atoms with Gasteiger partial charge in [-0.25, -0.2) is 13.6 Å². The van der Waals surface area contributed by atoms with Crippen LogP contribution < -0.4 is 15.2 Å². The van der Waals surface area contributed by atoms with E-state index in [1.807, 2.05) is 0 Å². The van der Waals surface area contributed by atoms with Crippen LogP contribution >= 0.6 is 23.2 Å². The average molecular weight is 378 g/mol. The molecule has 128 valence electrons. The Morgan fingerprint density at radius 2 is 1.50 bits per heavy atom. The zero-order chi connectivity index (χ0) is 18.2. The fraction of sp³-hybridized carbons (Fsp3) is 0.133. The van der Waals surface area contributed by atoms with Crippen LogP contribution in [0.4, 0.5) is 14.5 Å². The molecule has 0 aliphatic rings. The summed E-state index contributed by atoms with van der Waals surface area (Å²) < 4.78 is 38.9. The van der Waals surface area contributed by atoms with Crippen molar-refractivity contribution in [3.8, 4) is 22.6 Å². The van der Waals surface area contributed by atoms with Gasteiger partial charge in [-0.2, -0.15) is 0 Å². The molecule has 2 aromatic rings. The van der Waals surface area contributed by atoms with Gasteiger partial charge in [0.2, 0.25) is 0 Å². The molecule has 5 nitrogen and oxygen atoms in total. The summed E-state index contributed by atoms with van der Waals surface area (Å²) in [6.45, 7) is 0. The molecule has 0 saturated heterocycles. The molecule has 0 fully saturated rings. The molecule has 0 atom stereocenters. The van der Waals surface area contributed by atoms with E-state index in [4.69, 9.17) is 38.4 Å². The monoisotopic (exact) mass is 377 g/mol. The van der Waals surface area contributed by atoms with E-state index in [0.717, 1.165) is 26.4 Å². The Labute approximate surface area is 145 Å². The first-order valence-electron chi connectivity index (χ1n) is 6.35. The molecule has 0 unspecified atom stereocenters. The lowest BCUT2D eigenvalue weighted by atomic mass is 9.99. The van der Waals surface area contributed by atoms with E-state index in [1.165, 1.54) is 0 Å². The Balaban J connectivity index is 2.90. The molecule has 0 spiro atoms. The van der Waals surface area contributed by atoms with Gasteiger partial charge in [-0.05, 0) is 12.1 Å². The van der Waals surface area contributed by atoms with Crippen LogP contribution in [0.5, 0.6) is 11.5 Å². The summed E-state index contributed by atoms with van der Waals surface area (Å²) in [7, 11) is 2.27. The Bertz CT molecular complexity index is 843. The lowest BCUT2D eigenvalue weighted by molar-refractivity contribution is 0.0696. The molecule has 9 heteroatoms. The summed E-state index contributed by atoms with van der Waals surface area (Å²) in [6, 6.07) is 1.95. The Hall–Kier alpha value is -2.25. The van der Waals surface area contributed by atoms with Gasteiger partial charge < -0.3 is 20.3 Å². The number of ether oxygens (including phenoxy) is 2. The second-order valence-electron chi connectivity index (χ2n) is 4.61. The van der Waals surface area contributed by atoms with Crippen molar-refractivity contribution in [1.82, 2.24) is 0 Å². The number of halogens is 4. The van der Waals surface area contributed by atoms with Crippen LogP contribution in [0.3, 0.4) is 0 Å². The van der Waals surface area contributed by atoms with Crippen molar-refractivity contribution in [2.24, 2.45) is 0 Å². The molecule has 2 rings (SSSR count). The number of hydrogen-bond acceptors (Lipinski definition) is 4. The summed E-state index contributed by atoms with van der Waals surface area (Å²) in [6.07, 6.45) is 0. The van der Waals surface area contributed by atoms with Crippen molar-refractivity contribution in [2.45, 2.75) is 0 Å². The molecule has 0 heterocycles. The summed E-state index contributed by atoms with van der Waals surface area (Å²) in [5.74, 6) is -4.41. The van der Waals surface area contributed by atoms with E-state index < -0.39 is 45.3 Å². The van der Waals surface area contributed by atoms with Crippen molar-refractivity contribution < 1.29 is 28.2 Å². The van der Waals surface area contributed by atoms with Gasteiger partial charge in [-0.1, -0.05) is 23.2 Å². The van der Waals surface area contributed by atoms with Gasteiger partial charge in [0.05, 0.1) is 25.5 Å². The lowest BCUT2D eigenvalue weighted by Crippen LogP contribution is -2.05. The predicted octanol–water partition coefficient (Wildman–Crippen LogP) is 4.24. The number of carbonyl (C=O) groups is 1. The maximum absolute atomic E-state index is 14.6. The van der Waals surface area contributed by atoms with E-state index in [0.29, 0.717) is 0 Å². The molecular formula is C15H11Cl2F2NO4. The third kappa shape index (κ3) is 2.81. The SMILES string of the molecule is COc1c(F)c(-c2cc(C(=O)O)c(Cl)c(OC)c2F)cc(N)c1Cl. The molecule has 0 saturated carbocycles. The van der Waals surface area contributed by atoms with Crippen molar-refractivity contribution in [2.75, 3.05) is 20.0 Å². The minimum absolute atomic E-state index is 0.0740. The number of rotatable bonds is 4. The number of hydrogen-bond donors (Lipinski definition) is 2. The van der Waals surface area contributed by atoms with Crippen molar-refractivity contribution in [3.05, 3.63) is 39.4 Å². The van der Waals surface area contributed by atoms with Crippen LogP contribution in [0.25, 0.3) is 11.1 Å². The highest BCUT2D eigenvalue weighted by atomic mass is 35.5. The number of nitrogens with two attached hydrogens (primary N) is 1. The van der Waals surface area contributed by atoms with E-state index >= 15 is 0 Å². The van der Waals surface area contributed by atoms with Gasteiger partial charge in [-0.15, -0.1) is 0 Å². The van der Waals surface area contributed by atoms with Crippen LogP contribution in [-0.2, 0) is 0 Å². The maximum atomic E-state index is 14.6. The third-order valence-electron chi connectivity index (χ3n) is 3.28. The molecular weight excluding hydrogens is 367 g/mol. The van der Waals surface area contributed by atoms with Crippen molar-refractivity contribution >= 4 is 34.9 Å². The second-order valence-corrected chi connectivity index (χ2v) is 5.37. The lowest BCUT2D eigenvalue weighted by Gasteiger charge is -2.15. The first kappa shape index (κ1) is 18.1. The molecule has 0 aliphatic carbocycles. The molecule has 0 aliphatic heterocycles. The molecule has 2 aromatic carbocycles.